The lowest BCUT2D eigenvalue weighted by Crippen LogP contribution is -2.52. The third-order valence-electron chi connectivity index (χ3n) is 5.90. The Morgan fingerprint density at radius 3 is 2.66 bits per heavy atom. The molecule has 1 aromatic heterocycles. The van der Waals surface area contributed by atoms with Crippen LogP contribution in [0.25, 0.3) is 0 Å². The monoisotopic (exact) mass is 418 g/mol. The van der Waals surface area contributed by atoms with Gasteiger partial charge in [0.15, 0.2) is 0 Å². The van der Waals surface area contributed by atoms with Gasteiger partial charge in [-0.3, -0.25) is 4.79 Å². The highest BCUT2D eigenvalue weighted by atomic mass is 32.2. The number of aryl methyl sites for hydroxylation is 2. The van der Waals surface area contributed by atoms with E-state index in [-0.39, 0.29) is 22.9 Å². The Morgan fingerprint density at radius 2 is 1.97 bits per heavy atom. The van der Waals surface area contributed by atoms with Gasteiger partial charge in [0.2, 0.25) is 15.9 Å². The smallest absolute Gasteiger partial charge is 0.244 e. The van der Waals surface area contributed by atoms with Crippen LogP contribution in [-0.2, 0) is 21.2 Å². The molecule has 2 N–H and O–H groups in total. The highest BCUT2D eigenvalue weighted by molar-refractivity contribution is 7.89. The number of nitrogens with one attached hydrogen (secondary N) is 2. The summed E-state index contributed by atoms with van der Waals surface area (Å²) in [6, 6.07) is 6.92. The molecule has 156 valence electrons. The van der Waals surface area contributed by atoms with Crippen molar-refractivity contribution in [3.63, 3.8) is 0 Å². The Balaban J connectivity index is 1.33. The molecule has 1 fully saturated rings. The fourth-order valence-electron chi connectivity index (χ4n) is 4.19. The van der Waals surface area contributed by atoms with E-state index >= 15 is 0 Å². The van der Waals surface area contributed by atoms with E-state index in [4.69, 9.17) is 4.52 Å². The second-order valence-corrected chi connectivity index (χ2v) is 9.44. The van der Waals surface area contributed by atoms with E-state index in [1.807, 2.05) is 24.8 Å². The number of carbonyl (C=O) groups excluding carboxylic acids is 1. The van der Waals surface area contributed by atoms with Gasteiger partial charge < -0.3 is 14.7 Å². The Hall–Kier alpha value is -2.39. The highest BCUT2D eigenvalue weighted by Gasteiger charge is 2.35. The molecular formula is C20H26N4O4S. The zero-order chi connectivity index (χ0) is 20.6. The number of para-hydroxylation sites is 1. The van der Waals surface area contributed by atoms with E-state index in [0.29, 0.717) is 31.6 Å². The number of hydrogen-bond acceptors (Lipinski definition) is 6. The largest absolute Gasteiger partial charge is 0.368 e. The van der Waals surface area contributed by atoms with E-state index in [9.17, 15) is 13.2 Å². The molecule has 1 amide bonds. The zero-order valence-electron chi connectivity index (χ0n) is 16.6. The van der Waals surface area contributed by atoms with Crippen molar-refractivity contribution in [2.45, 2.75) is 50.6 Å². The first-order valence-electron chi connectivity index (χ1n) is 9.92. The van der Waals surface area contributed by atoms with Gasteiger partial charge in [0, 0.05) is 25.1 Å². The van der Waals surface area contributed by atoms with E-state index in [1.165, 1.54) is 0 Å². The molecule has 3 heterocycles. The van der Waals surface area contributed by atoms with Crippen molar-refractivity contribution in [2.75, 3.05) is 18.4 Å². The lowest BCUT2D eigenvalue weighted by molar-refractivity contribution is -0.132. The number of aromatic nitrogens is 1. The minimum atomic E-state index is -3.52. The van der Waals surface area contributed by atoms with Gasteiger partial charge in [-0.15, -0.1) is 0 Å². The summed E-state index contributed by atoms with van der Waals surface area (Å²) >= 11 is 0. The fourth-order valence-corrected chi connectivity index (χ4v) is 5.58. The van der Waals surface area contributed by atoms with E-state index in [1.54, 1.807) is 18.2 Å². The number of hydrogen-bond donors (Lipinski definition) is 2. The van der Waals surface area contributed by atoms with Crippen molar-refractivity contribution in [3.05, 3.63) is 41.3 Å². The number of nitrogens with zero attached hydrogens (tertiary/aromatic N) is 2. The number of carbonyl (C=O) groups is 1. The molecule has 4 rings (SSSR count). The Labute approximate surface area is 170 Å². The summed E-state index contributed by atoms with van der Waals surface area (Å²) in [5.74, 6) is 1.01. The molecule has 1 aromatic carbocycles. The van der Waals surface area contributed by atoms with Crippen molar-refractivity contribution >= 4 is 21.6 Å². The van der Waals surface area contributed by atoms with Crippen LogP contribution in [0.3, 0.4) is 0 Å². The number of fused-ring (bicyclic) bond motifs is 1. The number of benzene rings is 1. The van der Waals surface area contributed by atoms with Gasteiger partial charge in [-0.1, -0.05) is 17.3 Å². The first kappa shape index (κ1) is 19.9. The molecule has 2 aliphatic rings. The highest BCUT2D eigenvalue weighted by Crippen LogP contribution is 2.31. The van der Waals surface area contributed by atoms with Crippen molar-refractivity contribution < 1.29 is 17.7 Å². The second-order valence-electron chi connectivity index (χ2n) is 7.76. The molecule has 0 aliphatic carbocycles. The van der Waals surface area contributed by atoms with Gasteiger partial charge >= 0.3 is 0 Å². The summed E-state index contributed by atoms with van der Waals surface area (Å²) in [7, 11) is -3.52. The minimum absolute atomic E-state index is 0.117. The van der Waals surface area contributed by atoms with Crippen LogP contribution in [0.4, 0.5) is 5.69 Å². The lowest BCUT2D eigenvalue weighted by Gasteiger charge is -2.39. The number of anilines is 1. The summed E-state index contributed by atoms with van der Waals surface area (Å²) in [6.45, 7) is 5.01. The first-order chi connectivity index (χ1) is 13.8. The second kappa shape index (κ2) is 7.79. The maximum atomic E-state index is 12.6. The standard InChI is InChI=1S/C20H26N4O4S/c1-13-16(14(2)28-22-13)7-8-19(25)24-11-9-15(10-12-24)20-21-17-5-3-4-6-18(17)29(26,27)23-20/h3-6,15,20-21,23H,7-12H2,1-2H3. The molecule has 8 nitrogen and oxygen atoms in total. The van der Waals surface area contributed by atoms with Crippen LogP contribution >= 0.6 is 0 Å². The maximum Gasteiger partial charge on any atom is 0.244 e. The van der Waals surface area contributed by atoms with Gasteiger partial charge in [-0.2, -0.15) is 4.72 Å². The number of amides is 1. The van der Waals surface area contributed by atoms with Crippen LogP contribution in [0.15, 0.2) is 33.7 Å². The average molecular weight is 419 g/mol. The number of piperidine rings is 1. The molecule has 1 saturated heterocycles. The molecule has 0 saturated carbocycles. The van der Waals surface area contributed by atoms with Gasteiger partial charge in [-0.25, -0.2) is 8.42 Å². The van der Waals surface area contributed by atoms with Crippen LogP contribution in [0, 0.1) is 19.8 Å². The summed E-state index contributed by atoms with van der Waals surface area (Å²) in [5, 5.41) is 7.24. The summed E-state index contributed by atoms with van der Waals surface area (Å²) < 4.78 is 33.0. The SMILES string of the molecule is Cc1noc(C)c1CCC(=O)N1CCC(C2Nc3ccccc3S(=O)(=O)N2)CC1. The molecular weight excluding hydrogens is 392 g/mol. The van der Waals surface area contributed by atoms with Gasteiger partial charge in [0.05, 0.1) is 17.5 Å². The fraction of sp³-hybridized carbons (Fsp3) is 0.500. The third-order valence-corrected chi connectivity index (χ3v) is 7.40. The van der Waals surface area contributed by atoms with Crippen molar-refractivity contribution in [3.8, 4) is 0 Å². The minimum Gasteiger partial charge on any atom is -0.368 e. The molecule has 0 bridgehead atoms. The molecule has 29 heavy (non-hydrogen) atoms. The van der Waals surface area contributed by atoms with E-state index < -0.39 is 10.0 Å². The predicted octanol–water partition coefficient (Wildman–Crippen LogP) is 2.19. The number of likely N-dealkylation sites (tertiary alicyclic amines) is 1. The Bertz CT molecular complexity index is 990. The van der Waals surface area contributed by atoms with Crippen molar-refractivity contribution in [1.29, 1.82) is 0 Å². The lowest BCUT2D eigenvalue weighted by atomic mass is 9.93. The zero-order valence-corrected chi connectivity index (χ0v) is 17.5. The van der Waals surface area contributed by atoms with Crippen LogP contribution in [0.1, 0.15) is 36.3 Å². The van der Waals surface area contributed by atoms with Gasteiger partial charge in [-0.05, 0) is 51.2 Å². The summed E-state index contributed by atoms with van der Waals surface area (Å²) in [6.07, 6.45) is 2.20. The van der Waals surface area contributed by atoms with Crippen LogP contribution in [0.2, 0.25) is 0 Å². The first-order valence-corrected chi connectivity index (χ1v) is 11.4. The molecule has 1 unspecified atom stereocenters. The average Bonchev–Trinajstić information content (AvgIpc) is 3.03. The normalized spacial score (nSPS) is 21.4. The molecule has 9 heteroatoms. The number of rotatable bonds is 4. The molecule has 2 aromatic rings. The number of sulfonamides is 1. The van der Waals surface area contributed by atoms with E-state index in [0.717, 1.165) is 29.9 Å². The molecule has 1 atom stereocenters. The Morgan fingerprint density at radius 1 is 1.24 bits per heavy atom. The van der Waals surface area contributed by atoms with Gasteiger partial charge in [0.1, 0.15) is 10.7 Å². The molecule has 2 aliphatic heterocycles. The van der Waals surface area contributed by atoms with Gasteiger partial charge in [0.25, 0.3) is 0 Å². The van der Waals surface area contributed by atoms with Crippen molar-refractivity contribution in [1.82, 2.24) is 14.8 Å². The van der Waals surface area contributed by atoms with Crippen LogP contribution in [0.5, 0.6) is 0 Å². The molecule has 0 spiro atoms. The Kier molecular flexibility index (Phi) is 5.35. The maximum absolute atomic E-state index is 12.6. The van der Waals surface area contributed by atoms with Crippen molar-refractivity contribution in [2.24, 2.45) is 5.92 Å². The van der Waals surface area contributed by atoms with Crippen LogP contribution in [-0.4, -0.2) is 43.6 Å². The predicted molar refractivity (Wildman–Crippen MR) is 108 cm³/mol. The summed E-state index contributed by atoms with van der Waals surface area (Å²) in [4.78, 5) is 14.8. The quantitative estimate of drug-likeness (QED) is 0.789. The molecule has 0 radical (unpaired) electrons. The summed E-state index contributed by atoms with van der Waals surface area (Å²) in [5.41, 5.74) is 2.48. The topological polar surface area (TPSA) is 105 Å². The van der Waals surface area contributed by atoms with Crippen LogP contribution < -0.4 is 10.0 Å². The third kappa shape index (κ3) is 4.02. The van der Waals surface area contributed by atoms with E-state index in [2.05, 4.69) is 15.2 Å².